The van der Waals surface area contributed by atoms with Crippen molar-refractivity contribution < 1.29 is 4.74 Å². The van der Waals surface area contributed by atoms with Gasteiger partial charge in [0.2, 0.25) is 11.7 Å². The van der Waals surface area contributed by atoms with Crippen molar-refractivity contribution in [3.63, 3.8) is 0 Å². The summed E-state index contributed by atoms with van der Waals surface area (Å²) in [6, 6.07) is 4.08. The summed E-state index contributed by atoms with van der Waals surface area (Å²) in [5, 5.41) is 12.3. The van der Waals surface area contributed by atoms with E-state index in [2.05, 4.69) is 21.6 Å². The lowest BCUT2D eigenvalue weighted by Crippen LogP contribution is -2.61. The second-order valence-corrected chi connectivity index (χ2v) is 6.15. The lowest BCUT2D eigenvalue weighted by Gasteiger charge is -2.41. The van der Waals surface area contributed by atoms with Crippen molar-refractivity contribution in [2.24, 2.45) is 5.92 Å². The van der Waals surface area contributed by atoms with E-state index >= 15 is 0 Å². The van der Waals surface area contributed by atoms with Gasteiger partial charge in [-0.25, -0.2) is 0 Å². The summed E-state index contributed by atoms with van der Waals surface area (Å²) >= 11 is 0. The van der Waals surface area contributed by atoms with Crippen LogP contribution in [0.4, 0.5) is 5.82 Å². The Balaban J connectivity index is 1.78. The smallest absolute Gasteiger partial charge is 0.247 e. The average molecular weight is 261 g/mol. The quantitative estimate of drug-likeness (QED) is 0.805. The van der Waals surface area contributed by atoms with Gasteiger partial charge in [0.05, 0.1) is 26.7 Å². The molecule has 1 atom stereocenters. The highest BCUT2D eigenvalue weighted by atomic mass is 16.5. The van der Waals surface area contributed by atoms with Crippen molar-refractivity contribution in [3.8, 4) is 5.88 Å². The minimum absolute atomic E-state index is 0.392. The number of ether oxygens (including phenoxy) is 1. The molecule has 3 aliphatic rings. The van der Waals surface area contributed by atoms with E-state index in [0.29, 0.717) is 11.4 Å². The molecule has 5 heteroatoms. The zero-order chi connectivity index (χ0) is 12.9. The van der Waals surface area contributed by atoms with Crippen LogP contribution in [-0.4, -0.2) is 49.0 Å². The van der Waals surface area contributed by atoms with Crippen molar-refractivity contribution in [1.82, 2.24) is 20.0 Å². The molecule has 0 saturated carbocycles. The van der Waals surface area contributed by atoms with Gasteiger partial charge in [-0.3, -0.25) is 4.48 Å². The predicted octanol–water partition coefficient (Wildman–Crippen LogP) is 0.948. The van der Waals surface area contributed by atoms with Gasteiger partial charge in [-0.1, -0.05) is 5.10 Å². The van der Waals surface area contributed by atoms with Crippen LogP contribution in [0.2, 0.25) is 0 Å². The Hall–Kier alpha value is -1.20. The summed E-state index contributed by atoms with van der Waals surface area (Å²) in [6.07, 6.45) is 3.97. The van der Waals surface area contributed by atoms with Gasteiger partial charge in [0.1, 0.15) is 5.54 Å². The number of piperidine rings is 1. The minimum Gasteiger partial charge on any atom is -0.480 e. The van der Waals surface area contributed by atoms with Crippen molar-refractivity contribution >= 4 is 5.82 Å². The fourth-order valence-corrected chi connectivity index (χ4v) is 4.86. The van der Waals surface area contributed by atoms with E-state index < -0.39 is 0 Å². The number of nitrogens with zero attached hydrogens (tertiary/aromatic N) is 3. The van der Waals surface area contributed by atoms with E-state index in [1.165, 1.54) is 32.4 Å². The van der Waals surface area contributed by atoms with Crippen molar-refractivity contribution in [3.05, 3.63) is 12.1 Å². The fraction of sp³-hybridized carbons (Fsp3) is 0.714. The van der Waals surface area contributed by atoms with Gasteiger partial charge >= 0.3 is 0 Å². The van der Waals surface area contributed by atoms with Crippen molar-refractivity contribution in [2.45, 2.75) is 24.8 Å². The molecule has 1 spiro atoms. The van der Waals surface area contributed by atoms with Crippen LogP contribution in [0.25, 0.3) is 0 Å². The topological polar surface area (TPSA) is 47.0 Å². The van der Waals surface area contributed by atoms with Gasteiger partial charge in [0, 0.05) is 43.9 Å². The third-order valence-corrected chi connectivity index (χ3v) is 5.77. The molecule has 4 rings (SSSR count). The monoisotopic (exact) mass is 261 g/mol. The van der Waals surface area contributed by atoms with Gasteiger partial charge in [-0.15, -0.1) is 5.10 Å². The van der Waals surface area contributed by atoms with Crippen LogP contribution in [0.5, 0.6) is 5.88 Å². The Kier molecular flexibility index (Phi) is 2.38. The molecular formula is C14H21N4O+. The highest BCUT2D eigenvalue weighted by Gasteiger charge is 2.67. The number of quaternary nitrogens is 1. The van der Waals surface area contributed by atoms with Gasteiger partial charge in [-0.05, 0) is 0 Å². The molecule has 102 valence electrons. The molecule has 0 radical (unpaired) electrons. The molecule has 3 aliphatic heterocycles. The maximum Gasteiger partial charge on any atom is 0.247 e. The first kappa shape index (κ1) is 11.6. The second-order valence-electron chi connectivity index (χ2n) is 6.15. The number of hydrogen-bond acceptors (Lipinski definition) is 4. The Labute approximate surface area is 113 Å². The molecule has 0 amide bonds. The van der Waals surface area contributed by atoms with E-state index in [4.69, 9.17) is 4.74 Å². The molecule has 1 N–H and O–H groups in total. The highest BCUT2D eigenvalue weighted by molar-refractivity contribution is 5.43. The molecule has 0 aromatic carbocycles. The fourth-order valence-electron chi connectivity index (χ4n) is 4.86. The van der Waals surface area contributed by atoms with Crippen molar-refractivity contribution in [1.29, 1.82) is 0 Å². The first-order valence-electron chi connectivity index (χ1n) is 7.27. The van der Waals surface area contributed by atoms with E-state index in [-0.39, 0.29) is 0 Å². The van der Waals surface area contributed by atoms with E-state index in [1.807, 2.05) is 6.07 Å². The summed E-state index contributed by atoms with van der Waals surface area (Å²) in [6.45, 7) is 4.76. The number of methoxy groups -OCH3 is 1. The van der Waals surface area contributed by atoms with Gasteiger partial charge in [0.15, 0.2) is 0 Å². The van der Waals surface area contributed by atoms with Gasteiger partial charge in [0.25, 0.3) is 0 Å². The largest absolute Gasteiger partial charge is 0.480 e. The minimum atomic E-state index is 0.392. The Morgan fingerprint density at radius 3 is 2.74 bits per heavy atom. The Morgan fingerprint density at radius 1 is 1.32 bits per heavy atom. The first-order chi connectivity index (χ1) is 9.31. The third kappa shape index (κ3) is 1.32. The van der Waals surface area contributed by atoms with Crippen LogP contribution in [0.15, 0.2) is 12.1 Å². The molecule has 5 nitrogen and oxygen atoms in total. The number of nitrogens with one attached hydrogen (secondary N) is 1. The first-order valence-corrected chi connectivity index (χ1v) is 7.27. The van der Waals surface area contributed by atoms with E-state index in [1.54, 1.807) is 7.11 Å². The molecule has 19 heavy (non-hydrogen) atoms. The third-order valence-electron chi connectivity index (χ3n) is 5.77. The van der Waals surface area contributed by atoms with Crippen molar-refractivity contribution in [2.75, 3.05) is 33.3 Å². The Bertz CT molecular complexity index is 473. The molecule has 2 bridgehead atoms. The summed E-state index contributed by atoms with van der Waals surface area (Å²) in [5.74, 6) is 2.62. The van der Waals surface area contributed by atoms with Crippen LogP contribution in [-0.2, 0) is 0 Å². The zero-order valence-electron chi connectivity index (χ0n) is 11.4. The summed E-state index contributed by atoms with van der Waals surface area (Å²) in [4.78, 5) is 0. The molecule has 1 unspecified atom stereocenters. The summed E-state index contributed by atoms with van der Waals surface area (Å²) < 4.78 is 6.19. The SMILES string of the molecule is COc1ccc([N+]23CCC(CC2)C32CCNC2)nn1. The summed E-state index contributed by atoms with van der Waals surface area (Å²) in [7, 11) is 1.64. The molecule has 3 fully saturated rings. The molecular weight excluding hydrogens is 240 g/mol. The molecule has 1 aromatic rings. The second kappa shape index (κ2) is 3.90. The normalized spacial score (nSPS) is 40.2. The zero-order valence-corrected chi connectivity index (χ0v) is 11.4. The van der Waals surface area contributed by atoms with Crippen LogP contribution in [0, 0.1) is 5.92 Å². The predicted molar refractivity (Wildman–Crippen MR) is 73.1 cm³/mol. The van der Waals surface area contributed by atoms with Crippen LogP contribution >= 0.6 is 0 Å². The molecule has 3 saturated heterocycles. The van der Waals surface area contributed by atoms with Crippen LogP contribution < -0.4 is 14.5 Å². The number of rotatable bonds is 2. The lowest BCUT2D eigenvalue weighted by molar-refractivity contribution is 0.186. The van der Waals surface area contributed by atoms with E-state index in [9.17, 15) is 0 Å². The standard InChI is InChI=1S/C14H21N4O/c1-19-13-3-2-12(16-17-13)18-8-4-11(5-9-18)14(18)6-7-15-10-14/h2-3,11,15H,4-10H2,1H3/q+1. The average Bonchev–Trinajstić information content (AvgIpc) is 3.16. The lowest BCUT2D eigenvalue weighted by atomic mass is 9.85. The highest BCUT2D eigenvalue weighted by Crippen LogP contribution is 2.54. The van der Waals surface area contributed by atoms with E-state index in [0.717, 1.165) is 29.3 Å². The number of aromatic nitrogens is 2. The molecule has 0 aliphatic carbocycles. The molecule has 4 heterocycles. The van der Waals surface area contributed by atoms with Gasteiger partial charge < -0.3 is 10.1 Å². The van der Waals surface area contributed by atoms with Crippen LogP contribution in [0.3, 0.4) is 0 Å². The maximum absolute atomic E-state index is 5.13. The molecule has 1 aromatic heterocycles. The van der Waals surface area contributed by atoms with Gasteiger partial charge in [-0.2, -0.15) is 0 Å². The number of hydrogen-bond donors (Lipinski definition) is 1. The maximum atomic E-state index is 5.13. The summed E-state index contributed by atoms with van der Waals surface area (Å²) in [5.41, 5.74) is 0.392. The Morgan fingerprint density at radius 2 is 2.16 bits per heavy atom. The van der Waals surface area contributed by atoms with Crippen LogP contribution in [0.1, 0.15) is 19.3 Å².